The van der Waals surface area contributed by atoms with Crippen LogP contribution in [0.1, 0.15) is 5.76 Å². The zero-order valence-electron chi connectivity index (χ0n) is 15.5. The molecular formula is C18H23N7O3. The Kier molecular flexibility index (Phi) is 6.10. The van der Waals surface area contributed by atoms with Crippen LogP contribution < -0.4 is 15.2 Å². The molecule has 0 unspecified atom stereocenters. The molecule has 0 bridgehead atoms. The lowest BCUT2D eigenvalue weighted by atomic mass is 10.4. The molecule has 2 aromatic heterocycles. The Labute approximate surface area is 162 Å². The highest BCUT2D eigenvalue weighted by molar-refractivity contribution is 5.77. The third-order valence-electron chi connectivity index (χ3n) is 4.33. The van der Waals surface area contributed by atoms with E-state index in [1.807, 2.05) is 18.2 Å². The van der Waals surface area contributed by atoms with Gasteiger partial charge in [-0.1, -0.05) is 0 Å². The van der Waals surface area contributed by atoms with E-state index in [0.29, 0.717) is 44.3 Å². The predicted octanol–water partition coefficient (Wildman–Crippen LogP) is 1.25. The van der Waals surface area contributed by atoms with E-state index in [0.717, 1.165) is 31.9 Å². The second-order valence-corrected chi connectivity index (χ2v) is 6.22. The van der Waals surface area contributed by atoms with Gasteiger partial charge in [0, 0.05) is 32.4 Å². The van der Waals surface area contributed by atoms with Crippen molar-refractivity contribution in [1.29, 1.82) is 0 Å². The number of hydrazone groups is 1. The molecule has 10 nitrogen and oxygen atoms in total. The summed E-state index contributed by atoms with van der Waals surface area (Å²) >= 11 is 0. The molecule has 10 heteroatoms. The fourth-order valence-corrected chi connectivity index (χ4v) is 2.88. The number of hydrogen-bond donors (Lipinski definition) is 1. The fraction of sp³-hybridized carbons (Fsp3) is 0.444. The van der Waals surface area contributed by atoms with Gasteiger partial charge in [0.25, 0.3) is 0 Å². The minimum atomic E-state index is 0.403. The van der Waals surface area contributed by atoms with Crippen LogP contribution in [0, 0.1) is 0 Å². The van der Waals surface area contributed by atoms with Gasteiger partial charge in [0.15, 0.2) is 0 Å². The van der Waals surface area contributed by atoms with Gasteiger partial charge in [-0.15, -0.1) is 0 Å². The molecule has 0 radical (unpaired) electrons. The summed E-state index contributed by atoms with van der Waals surface area (Å²) in [5.74, 6) is 2.42. The summed E-state index contributed by atoms with van der Waals surface area (Å²) in [4.78, 5) is 17.9. The maximum Gasteiger partial charge on any atom is 0.250 e. The first-order chi connectivity index (χ1) is 13.9. The van der Waals surface area contributed by atoms with E-state index in [-0.39, 0.29) is 0 Å². The third kappa shape index (κ3) is 4.84. The van der Waals surface area contributed by atoms with Crippen molar-refractivity contribution in [3.05, 3.63) is 30.2 Å². The van der Waals surface area contributed by atoms with E-state index in [1.165, 1.54) is 0 Å². The molecule has 2 saturated heterocycles. The molecule has 0 saturated carbocycles. The number of nitrogens with one attached hydrogen (secondary N) is 1. The normalized spacial score (nSPS) is 18.3. The molecular weight excluding hydrogens is 362 g/mol. The number of anilines is 3. The van der Waals surface area contributed by atoms with Crippen molar-refractivity contribution in [2.45, 2.75) is 0 Å². The molecule has 4 rings (SSSR count). The molecule has 0 atom stereocenters. The molecule has 2 aliphatic rings. The molecule has 28 heavy (non-hydrogen) atoms. The first-order valence-electron chi connectivity index (χ1n) is 9.29. The highest BCUT2D eigenvalue weighted by Gasteiger charge is 2.20. The van der Waals surface area contributed by atoms with Crippen molar-refractivity contribution in [3.8, 4) is 0 Å². The van der Waals surface area contributed by atoms with Gasteiger partial charge in [-0.05, 0) is 24.3 Å². The van der Waals surface area contributed by atoms with Crippen molar-refractivity contribution in [1.82, 2.24) is 15.0 Å². The molecule has 2 aliphatic heterocycles. The summed E-state index contributed by atoms with van der Waals surface area (Å²) in [5.41, 5.74) is 2.89. The predicted molar refractivity (Wildman–Crippen MR) is 106 cm³/mol. The molecule has 4 heterocycles. The fourth-order valence-electron chi connectivity index (χ4n) is 2.88. The molecule has 2 aromatic rings. The van der Waals surface area contributed by atoms with Crippen LogP contribution in [-0.4, -0.2) is 73.8 Å². The first kappa shape index (κ1) is 18.4. The van der Waals surface area contributed by atoms with Crippen molar-refractivity contribution in [3.63, 3.8) is 0 Å². The molecule has 0 aromatic carbocycles. The lowest BCUT2D eigenvalue weighted by molar-refractivity contribution is 0.121. The van der Waals surface area contributed by atoms with Gasteiger partial charge in [-0.25, -0.2) is 5.43 Å². The quantitative estimate of drug-likeness (QED) is 0.581. The van der Waals surface area contributed by atoms with Crippen LogP contribution in [0.4, 0.5) is 17.8 Å². The van der Waals surface area contributed by atoms with Crippen LogP contribution in [0.5, 0.6) is 0 Å². The van der Waals surface area contributed by atoms with E-state index in [1.54, 1.807) is 18.6 Å². The summed E-state index contributed by atoms with van der Waals surface area (Å²) < 4.78 is 16.1. The van der Waals surface area contributed by atoms with Crippen LogP contribution in [0.15, 0.2) is 34.0 Å². The third-order valence-corrected chi connectivity index (χ3v) is 4.33. The van der Waals surface area contributed by atoms with Gasteiger partial charge in [0.05, 0.1) is 32.7 Å². The average molecular weight is 385 g/mol. The number of morpholine rings is 2. The van der Waals surface area contributed by atoms with Crippen LogP contribution in [-0.2, 0) is 9.47 Å². The van der Waals surface area contributed by atoms with Gasteiger partial charge < -0.3 is 23.7 Å². The Bertz CT molecular complexity index is 761. The second-order valence-electron chi connectivity index (χ2n) is 6.22. The minimum absolute atomic E-state index is 0.403. The largest absolute Gasteiger partial charge is 0.465 e. The van der Waals surface area contributed by atoms with Gasteiger partial charge in [0.2, 0.25) is 17.8 Å². The molecule has 148 valence electrons. The average Bonchev–Trinajstić information content (AvgIpc) is 3.28. The Morgan fingerprint density at radius 3 is 2.14 bits per heavy atom. The second kappa shape index (κ2) is 9.29. The molecule has 0 spiro atoms. The van der Waals surface area contributed by atoms with Crippen LogP contribution in [0.2, 0.25) is 0 Å². The van der Waals surface area contributed by atoms with Crippen LogP contribution in [0.25, 0.3) is 6.08 Å². The standard InChI is InChI=1S/C18H23N7O3/c1(3-15-4-2-10-28-15)5-19-23-16-20-17(24-6-11-26-12-7-24)22-18(21-16)25-8-13-27-14-9-25/h1-5,10H,6-9,11-14H2,(H,20,21,22,23). The number of aromatic nitrogens is 3. The van der Waals surface area contributed by atoms with Gasteiger partial charge >= 0.3 is 0 Å². The summed E-state index contributed by atoms with van der Waals surface area (Å²) in [6.07, 6.45) is 6.84. The van der Waals surface area contributed by atoms with Crippen LogP contribution >= 0.6 is 0 Å². The minimum Gasteiger partial charge on any atom is -0.465 e. The van der Waals surface area contributed by atoms with E-state index in [9.17, 15) is 0 Å². The van der Waals surface area contributed by atoms with Crippen molar-refractivity contribution < 1.29 is 13.9 Å². The molecule has 1 N–H and O–H groups in total. The SMILES string of the molecule is C(=Cc1ccco1)C=NNc1nc(N2CCOCC2)nc(N2CCOCC2)n1. The van der Waals surface area contributed by atoms with Gasteiger partial charge in [-0.3, -0.25) is 0 Å². The number of hydrogen-bond acceptors (Lipinski definition) is 10. The number of furan rings is 1. The zero-order chi connectivity index (χ0) is 19.0. The highest BCUT2D eigenvalue weighted by Crippen LogP contribution is 2.18. The lowest BCUT2D eigenvalue weighted by Gasteiger charge is -2.30. The van der Waals surface area contributed by atoms with Gasteiger partial charge in [0.1, 0.15) is 5.76 Å². The van der Waals surface area contributed by atoms with Crippen molar-refractivity contribution in [2.75, 3.05) is 67.8 Å². The van der Waals surface area contributed by atoms with Crippen molar-refractivity contribution in [2.24, 2.45) is 5.10 Å². The van der Waals surface area contributed by atoms with Crippen molar-refractivity contribution >= 4 is 30.1 Å². The van der Waals surface area contributed by atoms with E-state index >= 15 is 0 Å². The van der Waals surface area contributed by atoms with E-state index < -0.39 is 0 Å². The maximum atomic E-state index is 5.43. The first-order valence-corrected chi connectivity index (χ1v) is 9.29. The Balaban J connectivity index is 1.49. The number of nitrogens with zero attached hydrogens (tertiary/aromatic N) is 6. The summed E-state index contributed by atoms with van der Waals surface area (Å²) in [7, 11) is 0. The maximum absolute atomic E-state index is 5.43. The lowest BCUT2D eigenvalue weighted by Crippen LogP contribution is -2.40. The number of rotatable bonds is 6. The summed E-state index contributed by atoms with van der Waals surface area (Å²) in [5, 5.41) is 4.17. The number of allylic oxidation sites excluding steroid dienone is 1. The monoisotopic (exact) mass is 385 g/mol. The molecule has 2 fully saturated rings. The van der Waals surface area contributed by atoms with Gasteiger partial charge in [-0.2, -0.15) is 20.1 Å². The van der Waals surface area contributed by atoms with E-state index in [2.05, 4.69) is 35.3 Å². The van der Waals surface area contributed by atoms with Crippen LogP contribution in [0.3, 0.4) is 0 Å². The topological polar surface area (TPSA) is 101 Å². The highest BCUT2D eigenvalue weighted by atomic mass is 16.5. The zero-order valence-corrected chi connectivity index (χ0v) is 15.5. The molecule has 0 amide bonds. The Hall–Kier alpha value is -2.98. The van der Waals surface area contributed by atoms with E-state index in [4.69, 9.17) is 13.9 Å². The smallest absolute Gasteiger partial charge is 0.250 e. The number of ether oxygens (including phenoxy) is 2. The Morgan fingerprint density at radius 1 is 0.929 bits per heavy atom. The summed E-state index contributed by atoms with van der Waals surface area (Å²) in [6.45, 7) is 5.66. The summed E-state index contributed by atoms with van der Waals surface area (Å²) in [6, 6.07) is 3.70. The Morgan fingerprint density at radius 2 is 1.57 bits per heavy atom. The molecule has 0 aliphatic carbocycles.